The van der Waals surface area contributed by atoms with E-state index in [1.807, 2.05) is 19.9 Å². The molecule has 0 aromatic carbocycles. The van der Waals surface area contributed by atoms with Crippen molar-refractivity contribution in [3.8, 4) is 0 Å². The summed E-state index contributed by atoms with van der Waals surface area (Å²) in [6.45, 7) is 5.75. The Bertz CT molecular complexity index is 661. The number of rotatable bonds is 7. The van der Waals surface area contributed by atoms with Crippen LogP contribution in [0.25, 0.3) is 0 Å². The molecule has 2 aromatic heterocycles. The van der Waals surface area contributed by atoms with Gasteiger partial charge >= 0.3 is 0 Å². The summed E-state index contributed by atoms with van der Waals surface area (Å²) in [6, 6.07) is 3.50. The predicted molar refractivity (Wildman–Crippen MR) is 82.6 cm³/mol. The van der Waals surface area contributed by atoms with Gasteiger partial charge in [-0.15, -0.1) is 22.7 Å². The van der Waals surface area contributed by atoms with Crippen LogP contribution in [0, 0.1) is 6.92 Å². The third-order valence-electron chi connectivity index (χ3n) is 2.72. The number of thiophene rings is 1. The Kier molecular flexibility index (Phi) is 5.28. The van der Waals surface area contributed by atoms with Gasteiger partial charge < -0.3 is 5.32 Å². The highest BCUT2D eigenvalue weighted by Crippen LogP contribution is 2.22. The van der Waals surface area contributed by atoms with Crippen LogP contribution in [0.15, 0.2) is 21.9 Å². The zero-order valence-electron chi connectivity index (χ0n) is 11.3. The van der Waals surface area contributed by atoms with E-state index in [9.17, 15) is 8.42 Å². The van der Waals surface area contributed by atoms with Gasteiger partial charge in [-0.25, -0.2) is 18.1 Å². The van der Waals surface area contributed by atoms with Gasteiger partial charge in [0.25, 0.3) is 0 Å². The molecule has 0 spiro atoms. The number of nitrogens with one attached hydrogen (secondary N) is 2. The molecule has 0 unspecified atom stereocenters. The maximum absolute atomic E-state index is 12.2. The molecule has 2 rings (SSSR count). The lowest BCUT2D eigenvalue weighted by atomic mass is 10.4. The monoisotopic (exact) mass is 331 g/mol. The van der Waals surface area contributed by atoms with E-state index in [2.05, 4.69) is 15.0 Å². The minimum Gasteiger partial charge on any atom is -0.312 e. The highest BCUT2D eigenvalue weighted by Gasteiger charge is 2.17. The van der Waals surface area contributed by atoms with Gasteiger partial charge in [0.15, 0.2) is 0 Å². The van der Waals surface area contributed by atoms with E-state index in [4.69, 9.17) is 0 Å². The van der Waals surface area contributed by atoms with Crippen LogP contribution in [-0.2, 0) is 23.1 Å². The van der Waals surface area contributed by atoms with Crippen LogP contribution in [0.5, 0.6) is 0 Å². The van der Waals surface area contributed by atoms with Gasteiger partial charge in [-0.05, 0) is 25.6 Å². The van der Waals surface area contributed by atoms with E-state index in [0.717, 1.165) is 22.0 Å². The molecule has 0 fully saturated rings. The third-order valence-corrected chi connectivity index (χ3v) is 6.63. The average molecular weight is 331 g/mol. The van der Waals surface area contributed by atoms with Crippen LogP contribution >= 0.6 is 22.7 Å². The summed E-state index contributed by atoms with van der Waals surface area (Å²) in [5.74, 6) is 0. The van der Waals surface area contributed by atoms with Crippen LogP contribution in [0.4, 0.5) is 0 Å². The van der Waals surface area contributed by atoms with E-state index in [1.54, 1.807) is 11.6 Å². The van der Waals surface area contributed by atoms with Crippen molar-refractivity contribution in [1.82, 2.24) is 15.0 Å². The number of thiazole rings is 1. The summed E-state index contributed by atoms with van der Waals surface area (Å²) in [5.41, 5.74) is 2.59. The molecule has 5 nitrogen and oxygen atoms in total. The minimum absolute atomic E-state index is 0.291. The maximum Gasteiger partial charge on any atom is 0.250 e. The van der Waals surface area contributed by atoms with Gasteiger partial charge in [0.2, 0.25) is 10.0 Å². The predicted octanol–water partition coefficient (Wildman–Crippen LogP) is 2.10. The van der Waals surface area contributed by atoms with Crippen molar-refractivity contribution in [3.05, 3.63) is 33.1 Å². The molecule has 8 heteroatoms. The van der Waals surface area contributed by atoms with Crippen LogP contribution in [0.3, 0.4) is 0 Å². The largest absolute Gasteiger partial charge is 0.312 e. The molecule has 0 saturated heterocycles. The maximum atomic E-state index is 12.2. The smallest absolute Gasteiger partial charge is 0.250 e. The van der Waals surface area contributed by atoms with Crippen LogP contribution < -0.4 is 10.0 Å². The lowest BCUT2D eigenvalue weighted by molar-refractivity contribution is 0.584. The Hall–Kier alpha value is -0.800. The SMILES string of the molecule is CCNCc1ccc(S(=O)(=O)NCc2scnc2C)s1. The summed E-state index contributed by atoms with van der Waals surface area (Å²) in [4.78, 5) is 6.06. The molecule has 0 amide bonds. The van der Waals surface area contributed by atoms with Gasteiger partial charge in [0.1, 0.15) is 4.21 Å². The van der Waals surface area contributed by atoms with Crippen LogP contribution in [0.2, 0.25) is 0 Å². The van der Waals surface area contributed by atoms with Crippen molar-refractivity contribution in [2.45, 2.75) is 31.1 Å². The zero-order chi connectivity index (χ0) is 14.6. The molecule has 0 aliphatic heterocycles. The van der Waals surface area contributed by atoms with Crippen LogP contribution in [0.1, 0.15) is 22.4 Å². The molecule has 2 aromatic rings. The molecule has 0 aliphatic carbocycles. The standard InChI is InChI=1S/C12H17N3O2S3/c1-3-13-6-10-4-5-12(19-10)20(16,17)15-7-11-9(2)14-8-18-11/h4-5,8,13,15H,3,6-7H2,1-2H3. The summed E-state index contributed by atoms with van der Waals surface area (Å²) in [6.07, 6.45) is 0. The molecule has 0 atom stereocenters. The molecule has 0 saturated carbocycles. The van der Waals surface area contributed by atoms with E-state index in [-0.39, 0.29) is 0 Å². The molecule has 0 bridgehead atoms. The lowest BCUT2D eigenvalue weighted by Gasteiger charge is -2.03. The van der Waals surface area contributed by atoms with Crippen LogP contribution in [-0.4, -0.2) is 19.9 Å². The first-order chi connectivity index (χ1) is 9.53. The Balaban J connectivity index is 2.03. The van der Waals surface area contributed by atoms with Gasteiger partial charge in [0, 0.05) is 22.8 Å². The molecule has 2 N–H and O–H groups in total. The number of aryl methyl sites for hydroxylation is 1. The molecular formula is C12H17N3O2S3. The number of nitrogens with zero attached hydrogens (tertiary/aromatic N) is 1. The normalized spacial score (nSPS) is 11.9. The molecule has 0 aliphatic rings. The Morgan fingerprint density at radius 3 is 2.75 bits per heavy atom. The fourth-order valence-electron chi connectivity index (χ4n) is 1.57. The van der Waals surface area contributed by atoms with Gasteiger partial charge in [-0.2, -0.15) is 0 Å². The Morgan fingerprint density at radius 1 is 1.30 bits per heavy atom. The number of sulfonamides is 1. The topological polar surface area (TPSA) is 71.1 Å². The van der Waals surface area contributed by atoms with E-state index in [0.29, 0.717) is 17.3 Å². The van der Waals surface area contributed by atoms with E-state index in [1.165, 1.54) is 22.7 Å². The van der Waals surface area contributed by atoms with Gasteiger partial charge in [-0.3, -0.25) is 0 Å². The average Bonchev–Trinajstić information content (AvgIpc) is 3.03. The highest BCUT2D eigenvalue weighted by molar-refractivity contribution is 7.91. The first-order valence-corrected chi connectivity index (χ1v) is 9.39. The second kappa shape index (κ2) is 6.77. The number of hydrogen-bond acceptors (Lipinski definition) is 6. The summed E-state index contributed by atoms with van der Waals surface area (Å²) >= 11 is 2.75. The molecule has 20 heavy (non-hydrogen) atoms. The fraction of sp³-hybridized carbons (Fsp3) is 0.417. The molecule has 2 heterocycles. The molecule has 0 radical (unpaired) electrons. The summed E-state index contributed by atoms with van der Waals surface area (Å²) in [5, 5.41) is 3.18. The first-order valence-electron chi connectivity index (χ1n) is 6.21. The minimum atomic E-state index is -3.44. The van der Waals surface area contributed by atoms with Crippen molar-refractivity contribution in [1.29, 1.82) is 0 Å². The number of hydrogen-bond donors (Lipinski definition) is 2. The highest BCUT2D eigenvalue weighted by atomic mass is 32.2. The lowest BCUT2D eigenvalue weighted by Crippen LogP contribution is -2.22. The fourth-order valence-corrected chi connectivity index (χ4v) is 4.75. The zero-order valence-corrected chi connectivity index (χ0v) is 13.8. The third kappa shape index (κ3) is 3.86. The Labute approximate surface area is 127 Å². The summed E-state index contributed by atoms with van der Waals surface area (Å²) < 4.78 is 27.4. The second-order valence-electron chi connectivity index (χ2n) is 4.19. The quantitative estimate of drug-likeness (QED) is 0.815. The van der Waals surface area contributed by atoms with Crippen molar-refractivity contribution in [2.75, 3.05) is 6.54 Å². The first kappa shape index (κ1) is 15.6. The van der Waals surface area contributed by atoms with Crippen molar-refractivity contribution >= 4 is 32.7 Å². The second-order valence-corrected chi connectivity index (χ2v) is 8.29. The Morgan fingerprint density at radius 2 is 2.10 bits per heavy atom. The summed E-state index contributed by atoms with van der Waals surface area (Å²) in [7, 11) is -3.44. The van der Waals surface area contributed by atoms with Crippen molar-refractivity contribution in [2.24, 2.45) is 0 Å². The van der Waals surface area contributed by atoms with Gasteiger partial charge in [0.05, 0.1) is 11.2 Å². The molecular weight excluding hydrogens is 314 g/mol. The number of aromatic nitrogens is 1. The van der Waals surface area contributed by atoms with E-state index < -0.39 is 10.0 Å². The van der Waals surface area contributed by atoms with Crippen molar-refractivity contribution < 1.29 is 8.42 Å². The van der Waals surface area contributed by atoms with Gasteiger partial charge in [-0.1, -0.05) is 6.92 Å². The van der Waals surface area contributed by atoms with E-state index >= 15 is 0 Å². The van der Waals surface area contributed by atoms with Crippen molar-refractivity contribution in [3.63, 3.8) is 0 Å². The molecule has 110 valence electrons.